The number of halogens is 1. The molecule has 0 aliphatic heterocycles. The van der Waals surface area contributed by atoms with Gasteiger partial charge >= 0.3 is 52.6 Å². The zero-order valence-electron chi connectivity index (χ0n) is 11.1. The third-order valence-electron chi connectivity index (χ3n) is 0. The van der Waals surface area contributed by atoms with Gasteiger partial charge in [-0.2, -0.15) is 0 Å². The van der Waals surface area contributed by atoms with E-state index in [1.165, 1.54) is 0 Å². The molecule has 0 spiro atoms. The summed E-state index contributed by atoms with van der Waals surface area (Å²) < 4.78 is 0. The number of carboxylic acid groups (broad SMARTS) is 3. The van der Waals surface area contributed by atoms with Crippen LogP contribution in [0.5, 0.6) is 0 Å². The van der Waals surface area contributed by atoms with Crippen molar-refractivity contribution in [3.8, 4) is 0 Å². The van der Waals surface area contributed by atoms with Gasteiger partial charge in [0, 0.05) is 18.9 Å². The summed E-state index contributed by atoms with van der Waals surface area (Å²) in [4.78, 5) is 26.8. The van der Waals surface area contributed by atoms with Crippen LogP contribution >= 0.6 is 0 Å². The van der Waals surface area contributed by atoms with Gasteiger partial charge in [0.05, 0.1) is 0 Å². The number of hydrogen-bond donors (Lipinski definition) is 1. The standard InChI is InChI=1S/3C2H4O2.ClH.Mg.Na.4H2O/c3*1-2(3)4;;;;;;;/h3*1H3,(H,3,4);1H;;;4*1H2/q;;;;+2;+1;;;;/p-3. The molecule has 0 radical (unpaired) electrons. The Morgan fingerprint density at radius 3 is 0.789 bits per heavy atom. The SMILES string of the molecule is CC(=O)O.CC(=O)[O-].CC(=O)[O-].O.O.O.O.[Cl-].[Mg+2].[Na+]. The van der Waals surface area contributed by atoms with Gasteiger partial charge in [0.25, 0.3) is 5.97 Å². The van der Waals surface area contributed by atoms with E-state index in [-0.39, 0.29) is 86.9 Å². The van der Waals surface area contributed by atoms with Crippen molar-refractivity contribution in [3.63, 3.8) is 0 Å². The van der Waals surface area contributed by atoms with Gasteiger partial charge in [-0.1, -0.05) is 0 Å². The Morgan fingerprint density at radius 1 is 0.789 bits per heavy atom. The minimum absolute atomic E-state index is 0. The second-order valence-corrected chi connectivity index (χ2v) is 1.50. The van der Waals surface area contributed by atoms with E-state index in [1.54, 1.807) is 0 Å². The third kappa shape index (κ3) is 51900. The van der Waals surface area contributed by atoms with E-state index in [2.05, 4.69) is 0 Å². The third-order valence-corrected chi connectivity index (χ3v) is 0. The smallest absolute Gasteiger partial charge is 1.00 e. The maximum atomic E-state index is 9.00. The van der Waals surface area contributed by atoms with Crippen molar-refractivity contribution in [3.05, 3.63) is 0 Å². The van der Waals surface area contributed by atoms with Crippen LogP contribution in [0.15, 0.2) is 0 Å². The number of aliphatic carboxylic acids is 3. The van der Waals surface area contributed by atoms with E-state index in [9.17, 15) is 0 Å². The molecule has 0 heterocycles. The number of carbonyl (C=O) groups excluding carboxylic acids is 2. The summed E-state index contributed by atoms with van der Waals surface area (Å²) in [6.07, 6.45) is 0. The molecule has 13 heteroatoms. The summed E-state index contributed by atoms with van der Waals surface area (Å²) >= 11 is 0. The van der Waals surface area contributed by atoms with Crippen LogP contribution in [0.2, 0.25) is 0 Å². The summed E-state index contributed by atoms with van der Waals surface area (Å²) in [5, 5.41) is 25.2. The molecule has 0 atom stereocenters. The number of carbonyl (C=O) groups is 3. The predicted octanol–water partition coefficient (Wildman–Crippen LogP) is -12.1. The van der Waals surface area contributed by atoms with E-state index in [0.29, 0.717) is 0 Å². The zero-order valence-corrected chi connectivity index (χ0v) is 15.2. The summed E-state index contributed by atoms with van der Waals surface area (Å²) in [7, 11) is 0. The number of rotatable bonds is 0. The average Bonchev–Trinajstić information content (AvgIpc) is 1.54. The topological polar surface area (TPSA) is 244 Å². The molecule has 0 aliphatic carbocycles. The molecule has 0 saturated heterocycles. The van der Waals surface area contributed by atoms with Crippen LogP contribution in [-0.4, -0.2) is 68.0 Å². The van der Waals surface area contributed by atoms with Crippen LogP contribution in [0, 0.1) is 0 Å². The molecule has 0 aromatic carbocycles. The van der Waals surface area contributed by atoms with E-state index in [0.717, 1.165) is 20.8 Å². The fraction of sp³-hybridized carbons (Fsp3) is 0.500. The van der Waals surface area contributed by atoms with E-state index in [1.807, 2.05) is 0 Å². The zero-order chi connectivity index (χ0) is 10.7. The molecule has 0 aromatic rings. The molecular formula is C6H18ClMgNaO10. The van der Waals surface area contributed by atoms with Crippen LogP contribution in [0.4, 0.5) is 0 Å². The number of carboxylic acids is 3. The minimum Gasteiger partial charge on any atom is -1.00 e. The van der Waals surface area contributed by atoms with Gasteiger partial charge in [-0.3, -0.25) is 4.79 Å². The van der Waals surface area contributed by atoms with Crippen molar-refractivity contribution in [2.24, 2.45) is 0 Å². The Kier molecular flexibility index (Phi) is 249. The van der Waals surface area contributed by atoms with Crippen LogP contribution in [0.25, 0.3) is 0 Å². The van der Waals surface area contributed by atoms with Crippen molar-refractivity contribution >= 4 is 41.0 Å². The largest absolute Gasteiger partial charge is 2.00 e. The summed E-state index contributed by atoms with van der Waals surface area (Å²) in [5.74, 6) is -3.00. The van der Waals surface area contributed by atoms with Gasteiger partial charge in [-0.15, -0.1) is 0 Å². The molecule has 0 amide bonds. The summed E-state index contributed by atoms with van der Waals surface area (Å²) in [6, 6.07) is 0. The van der Waals surface area contributed by atoms with Gasteiger partial charge in [0.2, 0.25) is 0 Å². The maximum Gasteiger partial charge on any atom is 2.00 e. The summed E-state index contributed by atoms with van der Waals surface area (Å²) in [6.45, 7) is 3.03. The van der Waals surface area contributed by atoms with Crippen molar-refractivity contribution in [1.29, 1.82) is 0 Å². The van der Waals surface area contributed by atoms with Crippen LogP contribution in [0.1, 0.15) is 20.8 Å². The van der Waals surface area contributed by atoms with Crippen LogP contribution < -0.4 is 52.2 Å². The molecule has 10 nitrogen and oxygen atoms in total. The first-order valence-corrected chi connectivity index (χ1v) is 2.74. The predicted molar refractivity (Wildman–Crippen MR) is 54.9 cm³/mol. The van der Waals surface area contributed by atoms with Crippen LogP contribution in [0.3, 0.4) is 0 Å². The van der Waals surface area contributed by atoms with Gasteiger partial charge in [-0.05, 0) is 13.8 Å². The first kappa shape index (κ1) is 74.7. The molecule has 112 valence electrons. The van der Waals surface area contributed by atoms with Gasteiger partial charge in [0.1, 0.15) is 0 Å². The Bertz CT molecular complexity index is 130. The van der Waals surface area contributed by atoms with Crippen molar-refractivity contribution in [2.45, 2.75) is 20.8 Å². The first-order chi connectivity index (χ1) is 5.20. The second-order valence-electron chi connectivity index (χ2n) is 1.50. The molecule has 0 unspecified atom stereocenters. The Balaban J connectivity index is -0.00000000675. The van der Waals surface area contributed by atoms with E-state index >= 15 is 0 Å². The Labute approximate surface area is 154 Å². The molecule has 0 bridgehead atoms. The minimum atomic E-state index is -1.08. The van der Waals surface area contributed by atoms with E-state index < -0.39 is 17.9 Å². The summed E-state index contributed by atoms with van der Waals surface area (Å²) in [5.41, 5.74) is 0. The molecule has 0 aliphatic rings. The molecule has 0 saturated carbocycles. The quantitative estimate of drug-likeness (QED) is 0.421. The number of hydrogen-bond acceptors (Lipinski definition) is 5. The van der Waals surface area contributed by atoms with Gasteiger partial charge in [-0.25, -0.2) is 0 Å². The normalized spacial score (nSPS) is 3.95. The first-order valence-electron chi connectivity index (χ1n) is 2.74. The monoisotopic (exact) mass is 332 g/mol. The second kappa shape index (κ2) is 63.3. The van der Waals surface area contributed by atoms with Crippen molar-refractivity contribution in [1.82, 2.24) is 0 Å². The Morgan fingerprint density at radius 2 is 0.789 bits per heavy atom. The van der Waals surface area contributed by atoms with Crippen molar-refractivity contribution in [2.75, 3.05) is 0 Å². The molecular weight excluding hydrogens is 315 g/mol. The average molecular weight is 333 g/mol. The molecule has 0 fully saturated rings. The van der Waals surface area contributed by atoms with Crippen LogP contribution in [-0.2, 0) is 14.4 Å². The molecule has 0 aromatic heterocycles. The fourth-order valence-electron chi connectivity index (χ4n) is 0. The van der Waals surface area contributed by atoms with Crippen molar-refractivity contribution < 1.29 is 93.6 Å². The Hall–Kier alpha value is 0.306. The molecule has 9 N–H and O–H groups in total. The molecule has 19 heavy (non-hydrogen) atoms. The van der Waals surface area contributed by atoms with Gasteiger partial charge < -0.3 is 59.2 Å². The fourth-order valence-corrected chi connectivity index (χ4v) is 0. The van der Waals surface area contributed by atoms with E-state index in [4.69, 9.17) is 29.7 Å². The van der Waals surface area contributed by atoms with Gasteiger partial charge in [0.15, 0.2) is 0 Å². The molecule has 0 rings (SSSR count). The maximum absolute atomic E-state index is 9.00.